The Labute approximate surface area is 186 Å². The highest BCUT2D eigenvalue weighted by molar-refractivity contribution is 7.13. The maximum Gasteiger partial charge on any atom is 0.254 e. The number of nitrogens with zero attached hydrogens (tertiary/aromatic N) is 1. The van der Waals surface area contributed by atoms with Crippen LogP contribution in [0.3, 0.4) is 0 Å². The Balaban J connectivity index is 1.54. The summed E-state index contributed by atoms with van der Waals surface area (Å²) in [7, 11) is 1.58. The van der Waals surface area contributed by atoms with Crippen molar-refractivity contribution in [2.45, 2.75) is 19.3 Å². The minimum Gasteiger partial charge on any atom is -0.497 e. The molecular weight excluding hydrogens is 408 g/mol. The largest absolute Gasteiger partial charge is 0.497 e. The van der Waals surface area contributed by atoms with Crippen LogP contribution in [0, 0.1) is 5.41 Å². The number of hydrogen-bond acceptors (Lipinski definition) is 4. The van der Waals surface area contributed by atoms with Gasteiger partial charge in [-0.05, 0) is 60.0 Å². The number of carbonyl (C=O) groups excluding carboxylic acids is 2. The van der Waals surface area contributed by atoms with Crippen LogP contribution in [0.1, 0.15) is 28.8 Å². The summed E-state index contributed by atoms with van der Waals surface area (Å²) < 4.78 is 5.24. The molecule has 5 nitrogen and oxygen atoms in total. The van der Waals surface area contributed by atoms with Gasteiger partial charge in [-0.25, -0.2) is 0 Å². The summed E-state index contributed by atoms with van der Waals surface area (Å²) in [5.41, 5.74) is 7.91. The van der Waals surface area contributed by atoms with Gasteiger partial charge in [-0.15, -0.1) is 11.3 Å². The molecule has 6 heteroatoms. The fourth-order valence-corrected chi connectivity index (χ4v) is 5.03. The molecule has 31 heavy (non-hydrogen) atoms. The summed E-state index contributed by atoms with van der Waals surface area (Å²) >= 11 is 1.70. The standard InChI is InChI=1S/C25H26N2O3S/c1-30-21-6-2-5-20(15-21)23(28)27-13-4-12-25(17-27,24(26)29)16-18-8-10-19(11-9-18)22-7-3-14-31-22/h2-3,5-11,14-15H,4,12-13,16-17H2,1H3,(H2,26,29)/t25-/m0/s1. The molecule has 160 valence electrons. The lowest BCUT2D eigenvalue weighted by molar-refractivity contribution is -0.130. The number of methoxy groups -OCH3 is 1. The van der Waals surface area contributed by atoms with E-state index in [4.69, 9.17) is 10.5 Å². The third kappa shape index (κ3) is 4.49. The molecule has 1 atom stereocenters. The number of likely N-dealkylation sites (tertiary alicyclic amines) is 1. The summed E-state index contributed by atoms with van der Waals surface area (Å²) in [6, 6.07) is 19.5. The fourth-order valence-electron chi connectivity index (χ4n) is 4.30. The number of hydrogen-bond donors (Lipinski definition) is 1. The van der Waals surface area contributed by atoms with Gasteiger partial charge in [0, 0.05) is 23.5 Å². The summed E-state index contributed by atoms with van der Waals surface area (Å²) in [6.45, 7) is 0.938. The zero-order valence-electron chi connectivity index (χ0n) is 17.5. The normalized spacial score (nSPS) is 18.5. The van der Waals surface area contributed by atoms with E-state index < -0.39 is 5.41 Å². The van der Waals surface area contributed by atoms with Crippen molar-refractivity contribution in [1.29, 1.82) is 0 Å². The molecule has 0 saturated carbocycles. The van der Waals surface area contributed by atoms with Gasteiger partial charge >= 0.3 is 0 Å². The zero-order chi connectivity index (χ0) is 21.8. The average Bonchev–Trinajstić information content (AvgIpc) is 3.34. The lowest BCUT2D eigenvalue weighted by Gasteiger charge is -2.41. The minimum atomic E-state index is -0.767. The fraction of sp³-hybridized carbons (Fsp3) is 0.280. The zero-order valence-corrected chi connectivity index (χ0v) is 18.4. The first kappa shape index (κ1) is 21.1. The Morgan fingerprint density at radius 3 is 2.61 bits per heavy atom. The highest BCUT2D eigenvalue weighted by atomic mass is 32.1. The maximum absolute atomic E-state index is 13.1. The third-order valence-electron chi connectivity index (χ3n) is 6.01. The van der Waals surface area contributed by atoms with Crippen LogP contribution in [0.4, 0.5) is 0 Å². The van der Waals surface area contributed by atoms with E-state index in [1.54, 1.807) is 47.6 Å². The van der Waals surface area contributed by atoms with Crippen LogP contribution in [-0.2, 0) is 11.2 Å². The van der Waals surface area contributed by atoms with Crippen LogP contribution < -0.4 is 10.5 Å². The molecule has 2 amide bonds. The lowest BCUT2D eigenvalue weighted by atomic mass is 9.74. The highest BCUT2D eigenvalue weighted by Gasteiger charge is 2.42. The number of nitrogens with two attached hydrogens (primary N) is 1. The number of benzene rings is 2. The first-order valence-electron chi connectivity index (χ1n) is 10.4. The number of amides is 2. The molecule has 4 rings (SSSR count). The van der Waals surface area contributed by atoms with E-state index in [2.05, 4.69) is 35.7 Å². The van der Waals surface area contributed by atoms with Crippen LogP contribution in [0.2, 0.25) is 0 Å². The van der Waals surface area contributed by atoms with Gasteiger partial charge in [0.1, 0.15) is 5.75 Å². The van der Waals surface area contributed by atoms with Crippen LogP contribution in [0.15, 0.2) is 66.0 Å². The first-order valence-corrected chi connectivity index (χ1v) is 11.2. The van der Waals surface area contributed by atoms with Gasteiger partial charge in [0.15, 0.2) is 0 Å². The van der Waals surface area contributed by atoms with E-state index in [9.17, 15) is 9.59 Å². The quantitative estimate of drug-likeness (QED) is 0.626. The van der Waals surface area contributed by atoms with Crippen LogP contribution >= 0.6 is 11.3 Å². The molecule has 0 bridgehead atoms. The van der Waals surface area contributed by atoms with Crippen molar-refractivity contribution in [3.63, 3.8) is 0 Å². The van der Waals surface area contributed by atoms with Crippen molar-refractivity contribution in [3.8, 4) is 16.2 Å². The van der Waals surface area contributed by atoms with Crippen molar-refractivity contribution >= 4 is 23.2 Å². The Morgan fingerprint density at radius 2 is 1.94 bits per heavy atom. The molecule has 2 aromatic carbocycles. The molecule has 1 saturated heterocycles. The van der Waals surface area contributed by atoms with Gasteiger partial charge in [0.2, 0.25) is 5.91 Å². The van der Waals surface area contributed by atoms with Gasteiger partial charge in [-0.3, -0.25) is 9.59 Å². The van der Waals surface area contributed by atoms with Gasteiger partial charge in [-0.1, -0.05) is 36.4 Å². The SMILES string of the molecule is COc1cccc(C(=O)N2CCC[C@@](Cc3ccc(-c4cccs4)cc3)(C(N)=O)C2)c1. The van der Waals surface area contributed by atoms with Crippen LogP contribution in [-0.4, -0.2) is 36.9 Å². The van der Waals surface area contributed by atoms with Crippen molar-refractivity contribution in [1.82, 2.24) is 4.90 Å². The minimum absolute atomic E-state index is 0.0998. The molecule has 0 aliphatic carbocycles. The third-order valence-corrected chi connectivity index (χ3v) is 6.92. The number of ether oxygens (including phenoxy) is 1. The lowest BCUT2D eigenvalue weighted by Crippen LogP contribution is -2.53. The topological polar surface area (TPSA) is 72.6 Å². The Kier molecular flexibility index (Phi) is 6.09. The van der Waals surface area contributed by atoms with Crippen molar-refractivity contribution < 1.29 is 14.3 Å². The summed E-state index contributed by atoms with van der Waals surface area (Å²) in [6.07, 6.45) is 1.94. The van der Waals surface area contributed by atoms with Crippen LogP contribution in [0.5, 0.6) is 5.75 Å². The van der Waals surface area contributed by atoms with Gasteiger partial charge in [0.25, 0.3) is 5.91 Å². The Bertz CT molecular complexity index is 1060. The number of rotatable bonds is 6. The molecule has 2 heterocycles. The van der Waals surface area contributed by atoms with E-state index in [1.165, 1.54) is 4.88 Å². The predicted octanol–water partition coefficient (Wildman–Crippen LogP) is 4.37. The van der Waals surface area contributed by atoms with Crippen molar-refractivity contribution in [2.75, 3.05) is 20.2 Å². The van der Waals surface area contributed by atoms with Gasteiger partial charge in [-0.2, -0.15) is 0 Å². The number of thiophene rings is 1. The first-order chi connectivity index (χ1) is 15.0. The Hall–Kier alpha value is -3.12. The van der Waals surface area contributed by atoms with Gasteiger partial charge < -0.3 is 15.4 Å². The average molecular weight is 435 g/mol. The molecule has 3 aromatic rings. The second-order valence-corrected chi connectivity index (χ2v) is 9.01. The molecule has 0 unspecified atom stereocenters. The van der Waals surface area contributed by atoms with Crippen LogP contribution in [0.25, 0.3) is 10.4 Å². The van der Waals surface area contributed by atoms with Crippen molar-refractivity contribution in [2.24, 2.45) is 11.1 Å². The highest BCUT2D eigenvalue weighted by Crippen LogP contribution is 2.35. The van der Waals surface area contributed by atoms with E-state index in [-0.39, 0.29) is 11.8 Å². The molecule has 1 aliphatic heterocycles. The van der Waals surface area contributed by atoms with E-state index in [0.29, 0.717) is 37.2 Å². The second-order valence-electron chi connectivity index (χ2n) is 8.06. The second kappa shape index (κ2) is 8.94. The van der Waals surface area contributed by atoms with E-state index in [1.807, 2.05) is 6.07 Å². The smallest absolute Gasteiger partial charge is 0.254 e. The molecular formula is C25H26N2O3S. The summed E-state index contributed by atoms with van der Waals surface area (Å²) in [5.74, 6) is 0.185. The molecule has 0 spiro atoms. The monoisotopic (exact) mass is 434 g/mol. The number of piperidine rings is 1. The summed E-state index contributed by atoms with van der Waals surface area (Å²) in [5, 5.41) is 2.06. The molecule has 1 fully saturated rings. The molecule has 1 aliphatic rings. The van der Waals surface area contributed by atoms with E-state index >= 15 is 0 Å². The number of primary amides is 1. The van der Waals surface area contributed by atoms with E-state index in [0.717, 1.165) is 17.5 Å². The molecule has 0 radical (unpaired) electrons. The molecule has 1 aromatic heterocycles. The Morgan fingerprint density at radius 1 is 1.13 bits per heavy atom. The predicted molar refractivity (Wildman–Crippen MR) is 123 cm³/mol. The number of carbonyl (C=O) groups is 2. The summed E-state index contributed by atoms with van der Waals surface area (Å²) in [4.78, 5) is 28.7. The van der Waals surface area contributed by atoms with Gasteiger partial charge in [0.05, 0.1) is 12.5 Å². The maximum atomic E-state index is 13.1. The molecule has 2 N–H and O–H groups in total. The van der Waals surface area contributed by atoms with Crippen molar-refractivity contribution in [3.05, 3.63) is 77.2 Å².